The van der Waals surface area contributed by atoms with Gasteiger partial charge in [-0.15, -0.1) is 0 Å². The molecule has 0 saturated carbocycles. The smallest absolute Gasteiger partial charge is 0.340 e. The van der Waals surface area contributed by atoms with E-state index in [4.69, 9.17) is 4.74 Å². The predicted octanol–water partition coefficient (Wildman–Crippen LogP) is 3.23. The quantitative estimate of drug-likeness (QED) is 0.660. The maximum atomic E-state index is 12.3. The van der Waals surface area contributed by atoms with E-state index < -0.39 is 5.97 Å². The molecule has 2 aromatic heterocycles. The Morgan fingerprint density at radius 1 is 1.20 bits per heavy atom. The normalized spacial score (nSPS) is 15.3. The highest BCUT2D eigenvalue weighted by Crippen LogP contribution is 2.29. The molecule has 0 spiro atoms. The van der Waals surface area contributed by atoms with Crippen LogP contribution in [0.5, 0.6) is 0 Å². The minimum Gasteiger partial charge on any atom is -0.452 e. The molecule has 7 heteroatoms. The molecule has 1 unspecified atom stereocenters. The van der Waals surface area contributed by atoms with Crippen molar-refractivity contribution in [1.82, 2.24) is 20.1 Å². The van der Waals surface area contributed by atoms with Crippen molar-refractivity contribution < 1.29 is 14.3 Å². The van der Waals surface area contributed by atoms with E-state index >= 15 is 0 Å². The SMILES string of the molecule is Cc1cc(C)n(-c2ccc(C(=O)OCC(=O)NC3CCCc4ccccc43)cn2)n1. The summed E-state index contributed by atoms with van der Waals surface area (Å²) in [6.07, 6.45) is 4.37. The molecule has 154 valence electrons. The summed E-state index contributed by atoms with van der Waals surface area (Å²) >= 11 is 0. The Kier molecular flexibility index (Phi) is 5.61. The zero-order valence-corrected chi connectivity index (χ0v) is 17.1. The summed E-state index contributed by atoms with van der Waals surface area (Å²) in [5.41, 5.74) is 4.55. The average molecular weight is 404 g/mol. The van der Waals surface area contributed by atoms with Gasteiger partial charge in [0, 0.05) is 11.9 Å². The number of amides is 1. The Morgan fingerprint density at radius 2 is 2.03 bits per heavy atom. The molecule has 1 aliphatic rings. The molecular formula is C23H24N4O3. The minimum absolute atomic E-state index is 0.0390. The van der Waals surface area contributed by atoms with E-state index in [1.807, 2.05) is 38.1 Å². The molecule has 0 aliphatic heterocycles. The van der Waals surface area contributed by atoms with Crippen LogP contribution in [-0.2, 0) is 16.0 Å². The average Bonchev–Trinajstić information content (AvgIpc) is 3.10. The van der Waals surface area contributed by atoms with Crippen LogP contribution < -0.4 is 5.32 Å². The lowest BCUT2D eigenvalue weighted by Gasteiger charge is -2.26. The largest absolute Gasteiger partial charge is 0.452 e. The number of rotatable bonds is 5. The lowest BCUT2D eigenvalue weighted by atomic mass is 9.88. The second kappa shape index (κ2) is 8.49. The van der Waals surface area contributed by atoms with Gasteiger partial charge in [0.15, 0.2) is 12.4 Å². The van der Waals surface area contributed by atoms with E-state index in [9.17, 15) is 9.59 Å². The van der Waals surface area contributed by atoms with Gasteiger partial charge in [-0.25, -0.2) is 14.5 Å². The van der Waals surface area contributed by atoms with Crippen molar-refractivity contribution >= 4 is 11.9 Å². The Balaban J connectivity index is 1.33. The molecule has 0 fully saturated rings. The zero-order chi connectivity index (χ0) is 21.1. The number of carbonyl (C=O) groups excluding carboxylic acids is 2. The molecule has 1 atom stereocenters. The van der Waals surface area contributed by atoms with Gasteiger partial charge in [0.05, 0.1) is 17.3 Å². The van der Waals surface area contributed by atoms with Crippen LogP contribution in [-0.4, -0.2) is 33.2 Å². The van der Waals surface area contributed by atoms with E-state index in [1.165, 1.54) is 11.8 Å². The molecule has 0 saturated heterocycles. The number of fused-ring (bicyclic) bond motifs is 1. The van der Waals surface area contributed by atoms with Gasteiger partial charge in [-0.3, -0.25) is 4.79 Å². The summed E-state index contributed by atoms with van der Waals surface area (Å²) in [6.45, 7) is 3.52. The van der Waals surface area contributed by atoms with Gasteiger partial charge in [-0.1, -0.05) is 24.3 Å². The third kappa shape index (κ3) is 4.25. The first-order valence-electron chi connectivity index (χ1n) is 10.1. The van der Waals surface area contributed by atoms with Gasteiger partial charge in [-0.05, 0) is 62.4 Å². The number of nitrogens with zero attached hydrogens (tertiary/aromatic N) is 3. The van der Waals surface area contributed by atoms with E-state index in [-0.39, 0.29) is 24.1 Å². The molecule has 4 rings (SSSR count). The monoisotopic (exact) mass is 404 g/mol. The number of nitrogens with one attached hydrogen (secondary N) is 1. The fraction of sp³-hybridized carbons (Fsp3) is 0.304. The second-order valence-corrected chi connectivity index (χ2v) is 7.53. The van der Waals surface area contributed by atoms with Crippen LogP contribution in [0.2, 0.25) is 0 Å². The van der Waals surface area contributed by atoms with Crippen molar-refractivity contribution in [1.29, 1.82) is 0 Å². The zero-order valence-electron chi connectivity index (χ0n) is 17.1. The van der Waals surface area contributed by atoms with Crippen LogP contribution in [0.15, 0.2) is 48.7 Å². The first kappa shape index (κ1) is 19.8. The first-order chi connectivity index (χ1) is 14.5. The molecule has 7 nitrogen and oxygen atoms in total. The number of hydrogen-bond donors (Lipinski definition) is 1. The number of aryl methyl sites for hydroxylation is 3. The van der Waals surface area contributed by atoms with Crippen LogP contribution in [0.3, 0.4) is 0 Å². The lowest BCUT2D eigenvalue weighted by molar-refractivity contribution is -0.125. The summed E-state index contributed by atoms with van der Waals surface area (Å²) < 4.78 is 6.89. The summed E-state index contributed by atoms with van der Waals surface area (Å²) in [5.74, 6) is -0.273. The van der Waals surface area contributed by atoms with Crippen molar-refractivity contribution in [3.8, 4) is 5.82 Å². The van der Waals surface area contributed by atoms with Crippen molar-refractivity contribution in [2.24, 2.45) is 0 Å². The third-order valence-electron chi connectivity index (χ3n) is 5.25. The van der Waals surface area contributed by atoms with Crippen molar-refractivity contribution in [2.75, 3.05) is 6.61 Å². The summed E-state index contributed by atoms with van der Waals surface area (Å²) in [7, 11) is 0. The second-order valence-electron chi connectivity index (χ2n) is 7.53. The molecule has 1 aromatic carbocycles. The molecule has 0 radical (unpaired) electrons. The Hall–Kier alpha value is -3.48. The molecule has 2 heterocycles. The molecule has 0 bridgehead atoms. The Morgan fingerprint density at radius 3 is 2.77 bits per heavy atom. The third-order valence-corrected chi connectivity index (χ3v) is 5.25. The number of carbonyl (C=O) groups is 2. The number of pyridine rings is 1. The van der Waals surface area contributed by atoms with E-state index in [2.05, 4.69) is 21.5 Å². The van der Waals surface area contributed by atoms with Gasteiger partial charge in [0.1, 0.15) is 0 Å². The Labute approximate surface area is 175 Å². The summed E-state index contributed by atoms with van der Waals surface area (Å²) in [5, 5.41) is 7.35. The van der Waals surface area contributed by atoms with Crippen LogP contribution in [0.1, 0.15) is 51.8 Å². The maximum Gasteiger partial charge on any atom is 0.340 e. The standard InChI is InChI=1S/C23H24N4O3/c1-15-12-16(2)27(26-15)21-11-10-18(13-24-21)23(29)30-14-22(28)25-20-9-5-7-17-6-3-4-8-19(17)20/h3-4,6,8,10-13,20H,5,7,9,14H2,1-2H3,(H,25,28). The van der Waals surface area contributed by atoms with Crippen molar-refractivity contribution in [3.63, 3.8) is 0 Å². The fourth-order valence-electron chi connectivity index (χ4n) is 3.85. The topological polar surface area (TPSA) is 86.1 Å². The van der Waals surface area contributed by atoms with Crippen molar-refractivity contribution in [2.45, 2.75) is 39.2 Å². The number of hydrogen-bond acceptors (Lipinski definition) is 5. The van der Waals surface area contributed by atoms with Gasteiger partial charge < -0.3 is 10.1 Å². The molecule has 1 N–H and O–H groups in total. The van der Waals surface area contributed by atoms with E-state index in [1.54, 1.807) is 16.8 Å². The number of ether oxygens (including phenoxy) is 1. The van der Waals surface area contributed by atoms with Gasteiger partial charge >= 0.3 is 5.97 Å². The summed E-state index contributed by atoms with van der Waals surface area (Å²) in [6, 6.07) is 13.4. The fourth-order valence-corrected chi connectivity index (χ4v) is 3.85. The minimum atomic E-state index is -0.582. The van der Waals surface area contributed by atoms with E-state index in [0.717, 1.165) is 36.2 Å². The molecule has 30 heavy (non-hydrogen) atoms. The highest BCUT2D eigenvalue weighted by Gasteiger charge is 2.22. The number of aromatic nitrogens is 3. The van der Waals surface area contributed by atoms with Gasteiger partial charge in [0.25, 0.3) is 5.91 Å². The van der Waals surface area contributed by atoms with Crippen LogP contribution in [0.25, 0.3) is 5.82 Å². The van der Waals surface area contributed by atoms with E-state index in [0.29, 0.717) is 5.82 Å². The van der Waals surface area contributed by atoms with Crippen LogP contribution >= 0.6 is 0 Å². The lowest BCUT2D eigenvalue weighted by Crippen LogP contribution is -2.34. The first-order valence-corrected chi connectivity index (χ1v) is 10.1. The number of benzene rings is 1. The molecule has 3 aromatic rings. The van der Waals surface area contributed by atoms with Gasteiger partial charge in [-0.2, -0.15) is 5.10 Å². The van der Waals surface area contributed by atoms with Crippen LogP contribution in [0, 0.1) is 13.8 Å². The highest BCUT2D eigenvalue weighted by atomic mass is 16.5. The Bertz CT molecular complexity index is 1070. The maximum absolute atomic E-state index is 12.3. The van der Waals surface area contributed by atoms with Gasteiger partial charge in [0.2, 0.25) is 0 Å². The predicted molar refractivity (Wildman–Crippen MR) is 111 cm³/mol. The molecule has 1 aliphatic carbocycles. The van der Waals surface area contributed by atoms with Crippen molar-refractivity contribution in [3.05, 3.63) is 76.7 Å². The molecular weight excluding hydrogens is 380 g/mol. The summed E-state index contributed by atoms with van der Waals surface area (Å²) in [4.78, 5) is 28.9. The molecule has 1 amide bonds. The van der Waals surface area contributed by atoms with Crippen LogP contribution in [0.4, 0.5) is 0 Å². The highest BCUT2D eigenvalue weighted by molar-refractivity contribution is 5.91. The number of esters is 1.